The maximum Gasteiger partial charge on any atom is 0.255 e. The quantitative estimate of drug-likeness (QED) is 0.575. The Hall–Kier alpha value is -3.25. The van der Waals surface area contributed by atoms with E-state index in [1.807, 2.05) is 72.8 Å². The number of hydrogen-bond donors (Lipinski definition) is 1. The van der Waals surface area contributed by atoms with Gasteiger partial charge in [0.1, 0.15) is 11.1 Å². The van der Waals surface area contributed by atoms with Crippen LogP contribution in [0.1, 0.15) is 33.8 Å². The standard InChI is InChI=1S/C25H24N2O3S/c1-3-17-10-12-18(13-11-17)24(29)26-20-7-4-6-19(14-20)25-27(23(28)16-31-25)21-8-5-9-22(15-21)30-2/h4-15,25H,3,16H2,1-2H3,(H,26,29)/t25-/m1/s1. The van der Waals surface area contributed by atoms with Crippen LogP contribution in [0.15, 0.2) is 72.8 Å². The summed E-state index contributed by atoms with van der Waals surface area (Å²) in [5.74, 6) is 1.01. The predicted octanol–water partition coefficient (Wildman–Crippen LogP) is 5.29. The van der Waals surface area contributed by atoms with Gasteiger partial charge in [0.15, 0.2) is 0 Å². The zero-order valence-electron chi connectivity index (χ0n) is 17.5. The van der Waals surface area contributed by atoms with Crippen LogP contribution in [0, 0.1) is 0 Å². The summed E-state index contributed by atoms with van der Waals surface area (Å²) < 4.78 is 5.32. The van der Waals surface area contributed by atoms with Gasteiger partial charge in [-0.3, -0.25) is 14.5 Å². The average Bonchev–Trinajstić information content (AvgIpc) is 3.20. The summed E-state index contributed by atoms with van der Waals surface area (Å²) in [7, 11) is 1.61. The molecule has 0 aromatic heterocycles. The first kappa shape index (κ1) is 21.0. The van der Waals surface area contributed by atoms with Gasteiger partial charge in [0.05, 0.1) is 12.9 Å². The molecule has 1 aliphatic heterocycles. The molecular formula is C25H24N2O3S. The molecule has 1 aliphatic rings. The second-order valence-electron chi connectivity index (χ2n) is 7.26. The molecule has 1 N–H and O–H groups in total. The van der Waals surface area contributed by atoms with E-state index in [2.05, 4.69) is 12.2 Å². The fraction of sp³-hybridized carbons (Fsp3) is 0.200. The number of hydrogen-bond acceptors (Lipinski definition) is 4. The number of ether oxygens (including phenoxy) is 1. The molecule has 158 valence electrons. The number of carbonyl (C=O) groups excluding carboxylic acids is 2. The number of amides is 2. The molecule has 31 heavy (non-hydrogen) atoms. The van der Waals surface area contributed by atoms with Gasteiger partial charge in [-0.05, 0) is 53.9 Å². The van der Waals surface area contributed by atoms with Crippen molar-refractivity contribution in [3.63, 3.8) is 0 Å². The topological polar surface area (TPSA) is 58.6 Å². The van der Waals surface area contributed by atoms with E-state index in [0.29, 0.717) is 22.8 Å². The van der Waals surface area contributed by atoms with Gasteiger partial charge in [-0.1, -0.05) is 37.3 Å². The molecule has 0 saturated carbocycles. The minimum Gasteiger partial charge on any atom is -0.497 e. The lowest BCUT2D eigenvalue weighted by Crippen LogP contribution is -2.27. The Kier molecular flexibility index (Phi) is 6.28. The van der Waals surface area contributed by atoms with Crippen molar-refractivity contribution in [2.75, 3.05) is 23.1 Å². The van der Waals surface area contributed by atoms with Crippen LogP contribution in [-0.2, 0) is 11.2 Å². The third-order valence-electron chi connectivity index (χ3n) is 5.25. The highest BCUT2D eigenvalue weighted by molar-refractivity contribution is 8.00. The zero-order chi connectivity index (χ0) is 21.8. The molecule has 1 saturated heterocycles. The van der Waals surface area contributed by atoms with Gasteiger partial charge in [-0.25, -0.2) is 0 Å². The number of thioether (sulfide) groups is 1. The van der Waals surface area contributed by atoms with Crippen LogP contribution in [0.2, 0.25) is 0 Å². The summed E-state index contributed by atoms with van der Waals surface area (Å²) in [5, 5.41) is 2.81. The predicted molar refractivity (Wildman–Crippen MR) is 126 cm³/mol. The summed E-state index contributed by atoms with van der Waals surface area (Å²) >= 11 is 1.57. The number of nitrogens with one attached hydrogen (secondary N) is 1. The van der Waals surface area contributed by atoms with Gasteiger partial charge in [-0.15, -0.1) is 11.8 Å². The van der Waals surface area contributed by atoms with Crippen LogP contribution < -0.4 is 15.0 Å². The number of rotatable bonds is 6. The highest BCUT2D eigenvalue weighted by atomic mass is 32.2. The molecule has 0 bridgehead atoms. The first-order chi connectivity index (χ1) is 15.1. The largest absolute Gasteiger partial charge is 0.497 e. The summed E-state index contributed by atoms with van der Waals surface area (Å²) in [6.07, 6.45) is 0.936. The maximum absolute atomic E-state index is 12.7. The second-order valence-corrected chi connectivity index (χ2v) is 8.33. The van der Waals surface area contributed by atoms with E-state index >= 15 is 0 Å². The molecule has 4 rings (SSSR count). The lowest BCUT2D eigenvalue weighted by molar-refractivity contribution is -0.115. The molecular weight excluding hydrogens is 408 g/mol. The van der Waals surface area contributed by atoms with Crippen LogP contribution >= 0.6 is 11.8 Å². The van der Waals surface area contributed by atoms with Crippen LogP contribution in [0.25, 0.3) is 0 Å². The van der Waals surface area contributed by atoms with E-state index in [9.17, 15) is 9.59 Å². The Labute approximate surface area is 186 Å². The molecule has 1 atom stereocenters. The Balaban J connectivity index is 1.56. The molecule has 0 radical (unpaired) electrons. The Morgan fingerprint density at radius 2 is 1.87 bits per heavy atom. The van der Waals surface area contributed by atoms with Gasteiger partial charge in [0, 0.05) is 23.0 Å². The van der Waals surface area contributed by atoms with Crippen LogP contribution in [0.4, 0.5) is 11.4 Å². The normalized spacial score (nSPS) is 15.7. The van der Waals surface area contributed by atoms with Crippen molar-refractivity contribution in [2.45, 2.75) is 18.7 Å². The second kappa shape index (κ2) is 9.27. The van der Waals surface area contributed by atoms with Gasteiger partial charge in [-0.2, -0.15) is 0 Å². The number of methoxy groups -OCH3 is 1. The lowest BCUT2D eigenvalue weighted by atomic mass is 10.1. The van der Waals surface area contributed by atoms with E-state index < -0.39 is 0 Å². The minimum atomic E-state index is -0.166. The first-order valence-corrected chi connectivity index (χ1v) is 11.2. The number of benzene rings is 3. The molecule has 0 spiro atoms. The van der Waals surface area contributed by atoms with Crippen LogP contribution in [0.3, 0.4) is 0 Å². The third-order valence-corrected chi connectivity index (χ3v) is 6.47. The van der Waals surface area contributed by atoms with Crippen molar-refractivity contribution >= 4 is 35.0 Å². The fourth-order valence-electron chi connectivity index (χ4n) is 3.58. The minimum absolute atomic E-state index is 0.0497. The molecule has 2 amide bonds. The SMILES string of the molecule is CCc1ccc(C(=O)Nc2cccc([C@H]3SCC(=O)N3c3cccc(OC)c3)c2)cc1. The van der Waals surface area contributed by atoms with Crippen LogP contribution in [0.5, 0.6) is 5.75 Å². The monoisotopic (exact) mass is 432 g/mol. The van der Waals surface area contributed by atoms with Crippen molar-refractivity contribution in [3.05, 3.63) is 89.5 Å². The van der Waals surface area contributed by atoms with Crippen molar-refractivity contribution in [1.29, 1.82) is 0 Å². The zero-order valence-corrected chi connectivity index (χ0v) is 18.3. The van der Waals surface area contributed by atoms with Gasteiger partial charge in [0.2, 0.25) is 5.91 Å². The molecule has 1 heterocycles. The van der Waals surface area contributed by atoms with Gasteiger partial charge >= 0.3 is 0 Å². The molecule has 5 nitrogen and oxygen atoms in total. The fourth-order valence-corrected chi connectivity index (χ4v) is 4.74. The Morgan fingerprint density at radius 3 is 2.61 bits per heavy atom. The lowest BCUT2D eigenvalue weighted by Gasteiger charge is -2.25. The molecule has 3 aromatic rings. The Bertz CT molecular complexity index is 1100. The summed E-state index contributed by atoms with van der Waals surface area (Å²) in [6.45, 7) is 2.08. The van der Waals surface area contributed by atoms with E-state index in [1.165, 1.54) is 5.56 Å². The number of nitrogens with zero attached hydrogens (tertiary/aromatic N) is 1. The van der Waals surface area contributed by atoms with Crippen molar-refractivity contribution in [2.24, 2.45) is 0 Å². The highest BCUT2D eigenvalue weighted by Gasteiger charge is 2.34. The van der Waals surface area contributed by atoms with E-state index in [0.717, 1.165) is 17.7 Å². The summed E-state index contributed by atoms with van der Waals surface area (Å²) in [4.78, 5) is 27.1. The van der Waals surface area contributed by atoms with E-state index in [4.69, 9.17) is 4.74 Å². The molecule has 1 fully saturated rings. The van der Waals surface area contributed by atoms with Crippen LogP contribution in [-0.4, -0.2) is 24.7 Å². The maximum atomic E-state index is 12.7. The first-order valence-electron chi connectivity index (χ1n) is 10.2. The molecule has 6 heteroatoms. The number of aryl methyl sites for hydroxylation is 1. The van der Waals surface area contributed by atoms with Gasteiger partial charge < -0.3 is 10.1 Å². The summed E-state index contributed by atoms with van der Waals surface area (Å²) in [5.41, 5.74) is 4.26. The molecule has 0 aliphatic carbocycles. The van der Waals surface area contributed by atoms with Crippen molar-refractivity contribution in [1.82, 2.24) is 0 Å². The number of carbonyl (C=O) groups is 2. The highest BCUT2D eigenvalue weighted by Crippen LogP contribution is 2.42. The van der Waals surface area contributed by atoms with Crippen molar-refractivity contribution in [3.8, 4) is 5.75 Å². The summed E-state index contributed by atoms with van der Waals surface area (Å²) in [6, 6.07) is 22.8. The molecule has 0 unspecified atom stereocenters. The van der Waals surface area contributed by atoms with Gasteiger partial charge in [0.25, 0.3) is 5.91 Å². The Morgan fingerprint density at radius 1 is 1.10 bits per heavy atom. The average molecular weight is 433 g/mol. The van der Waals surface area contributed by atoms with E-state index in [-0.39, 0.29) is 17.2 Å². The third kappa shape index (κ3) is 4.59. The van der Waals surface area contributed by atoms with E-state index in [1.54, 1.807) is 23.8 Å². The van der Waals surface area contributed by atoms with Crippen molar-refractivity contribution < 1.29 is 14.3 Å². The number of anilines is 2. The smallest absolute Gasteiger partial charge is 0.255 e. The molecule has 3 aromatic carbocycles.